The fourth-order valence-corrected chi connectivity index (χ4v) is 3.03. The Bertz CT molecular complexity index is 777. The second kappa shape index (κ2) is 7.31. The maximum absolute atomic E-state index is 12.8. The van der Waals surface area contributed by atoms with Crippen molar-refractivity contribution in [3.63, 3.8) is 0 Å². The van der Waals surface area contributed by atoms with Crippen molar-refractivity contribution in [2.75, 3.05) is 5.32 Å². The first-order chi connectivity index (χ1) is 11.6. The lowest BCUT2D eigenvalue weighted by molar-refractivity contribution is -0.137. The number of alkyl halides is 3. The van der Waals surface area contributed by atoms with Crippen molar-refractivity contribution in [3.8, 4) is 0 Å². The number of hydrogen-bond donors (Lipinski definition) is 3. The molecule has 134 valence electrons. The van der Waals surface area contributed by atoms with Crippen LogP contribution in [0, 0.1) is 0 Å². The van der Waals surface area contributed by atoms with Crippen LogP contribution < -0.4 is 16.8 Å². The van der Waals surface area contributed by atoms with Crippen molar-refractivity contribution in [1.82, 2.24) is 0 Å². The van der Waals surface area contributed by atoms with Crippen LogP contribution in [0.1, 0.15) is 12.0 Å². The van der Waals surface area contributed by atoms with Crippen LogP contribution >= 0.6 is 23.4 Å². The van der Waals surface area contributed by atoms with Gasteiger partial charge in [-0.05, 0) is 18.2 Å². The summed E-state index contributed by atoms with van der Waals surface area (Å²) in [6.07, 6.45) is -4.96. The molecule has 12 heteroatoms. The monoisotopic (exact) mass is 393 g/mol. The van der Waals surface area contributed by atoms with E-state index in [4.69, 9.17) is 23.1 Å². The number of guanidine groups is 1. The molecule has 2 amide bonds. The first-order valence-electron chi connectivity index (χ1n) is 6.61. The summed E-state index contributed by atoms with van der Waals surface area (Å²) in [6, 6.07) is 2.96. The van der Waals surface area contributed by atoms with Gasteiger partial charge in [-0.3, -0.25) is 9.59 Å². The molecular formula is C13H11ClF3N5O2S. The number of amidine groups is 1. The average Bonchev–Trinajstić information content (AvgIpc) is 2.78. The molecule has 0 aromatic heterocycles. The van der Waals surface area contributed by atoms with Gasteiger partial charge in [-0.1, -0.05) is 23.4 Å². The van der Waals surface area contributed by atoms with E-state index in [-0.39, 0.29) is 23.2 Å². The van der Waals surface area contributed by atoms with Crippen LogP contribution in [0.4, 0.5) is 18.9 Å². The smallest absolute Gasteiger partial charge is 0.370 e. The predicted octanol–water partition coefficient (Wildman–Crippen LogP) is 1.96. The molecule has 2 rings (SSSR count). The lowest BCUT2D eigenvalue weighted by atomic mass is 10.2. The zero-order valence-electron chi connectivity index (χ0n) is 12.3. The van der Waals surface area contributed by atoms with Gasteiger partial charge in [0.25, 0.3) is 5.91 Å². The summed E-state index contributed by atoms with van der Waals surface area (Å²) in [5.74, 6) is -1.56. The van der Waals surface area contributed by atoms with Crippen molar-refractivity contribution in [3.05, 3.63) is 28.8 Å². The molecule has 0 spiro atoms. The predicted molar refractivity (Wildman–Crippen MR) is 89.3 cm³/mol. The molecule has 1 unspecified atom stereocenters. The molecular weight excluding hydrogens is 383 g/mol. The van der Waals surface area contributed by atoms with E-state index in [2.05, 4.69) is 15.3 Å². The summed E-state index contributed by atoms with van der Waals surface area (Å²) >= 11 is 6.39. The fraction of sp³-hybridized carbons (Fsp3) is 0.231. The molecule has 1 aliphatic heterocycles. The molecule has 0 bridgehead atoms. The van der Waals surface area contributed by atoms with Crippen molar-refractivity contribution >= 4 is 52.0 Å². The second-order valence-corrected chi connectivity index (χ2v) is 6.40. The van der Waals surface area contributed by atoms with Crippen LogP contribution in [0.25, 0.3) is 0 Å². The molecule has 0 saturated carbocycles. The Morgan fingerprint density at radius 3 is 2.68 bits per heavy atom. The number of rotatable bonds is 3. The van der Waals surface area contributed by atoms with E-state index < -0.39 is 33.8 Å². The summed E-state index contributed by atoms with van der Waals surface area (Å²) in [4.78, 5) is 30.8. The maximum Gasteiger partial charge on any atom is 0.417 e. The van der Waals surface area contributed by atoms with E-state index in [9.17, 15) is 22.8 Å². The molecule has 0 radical (unpaired) electrons. The first-order valence-corrected chi connectivity index (χ1v) is 7.87. The van der Waals surface area contributed by atoms with Gasteiger partial charge in [0.2, 0.25) is 5.91 Å². The highest BCUT2D eigenvalue weighted by atomic mass is 35.5. The van der Waals surface area contributed by atoms with Crippen LogP contribution in [0.2, 0.25) is 5.02 Å². The number of nitrogens with one attached hydrogen (secondary N) is 1. The third-order valence-electron chi connectivity index (χ3n) is 2.88. The number of aliphatic imine (C=N–C) groups is 2. The Hall–Kier alpha value is -2.27. The third kappa shape index (κ3) is 5.10. The number of halogens is 4. The minimum absolute atomic E-state index is 0.0219. The molecule has 1 aliphatic rings. The quantitative estimate of drug-likeness (QED) is 0.535. The van der Waals surface area contributed by atoms with Gasteiger partial charge < -0.3 is 16.8 Å². The van der Waals surface area contributed by atoms with E-state index in [1.807, 2.05) is 0 Å². The highest BCUT2D eigenvalue weighted by Gasteiger charge is 2.34. The van der Waals surface area contributed by atoms with Crippen molar-refractivity contribution in [1.29, 1.82) is 0 Å². The highest BCUT2D eigenvalue weighted by molar-refractivity contribution is 8.15. The van der Waals surface area contributed by atoms with Gasteiger partial charge in [0, 0.05) is 12.1 Å². The molecule has 1 aromatic rings. The molecule has 7 nitrogen and oxygen atoms in total. The SMILES string of the molecule is NC(N)=NC1=NC(=O)C(CC(=O)Nc2ccc(Cl)c(C(F)(F)F)c2)S1. The van der Waals surface area contributed by atoms with Gasteiger partial charge in [-0.25, -0.2) is 0 Å². The standard InChI is InChI=1S/C13H11ClF3N5O2S/c14-7-2-1-5(3-6(7)13(15,16)17)20-9(23)4-8-10(24)21-12(25-8)22-11(18)19/h1-3,8H,4H2,(H,20,23)(H4,18,19,21,22,24). The number of carbonyl (C=O) groups is 2. The van der Waals surface area contributed by atoms with Crippen LogP contribution in [0.5, 0.6) is 0 Å². The molecule has 1 atom stereocenters. The second-order valence-electron chi connectivity index (χ2n) is 4.82. The van der Waals surface area contributed by atoms with Crippen LogP contribution in [0.3, 0.4) is 0 Å². The molecule has 1 aromatic carbocycles. The minimum atomic E-state index is -4.65. The summed E-state index contributed by atoms with van der Waals surface area (Å²) in [7, 11) is 0. The van der Waals surface area contributed by atoms with Gasteiger partial charge in [-0.15, -0.1) is 0 Å². The van der Waals surface area contributed by atoms with Crippen molar-refractivity contribution < 1.29 is 22.8 Å². The zero-order chi connectivity index (χ0) is 18.8. The van der Waals surface area contributed by atoms with Crippen molar-refractivity contribution in [2.24, 2.45) is 21.5 Å². The van der Waals surface area contributed by atoms with Crippen LogP contribution in [-0.4, -0.2) is 28.2 Å². The largest absolute Gasteiger partial charge is 0.417 e. The number of amides is 2. The number of hydrogen-bond acceptors (Lipinski definition) is 4. The minimum Gasteiger partial charge on any atom is -0.370 e. The van der Waals surface area contributed by atoms with E-state index in [1.165, 1.54) is 6.07 Å². The fourth-order valence-electron chi connectivity index (χ4n) is 1.86. The van der Waals surface area contributed by atoms with Crippen LogP contribution in [0.15, 0.2) is 28.2 Å². The third-order valence-corrected chi connectivity index (χ3v) is 4.26. The lowest BCUT2D eigenvalue weighted by Gasteiger charge is -2.12. The Morgan fingerprint density at radius 1 is 1.40 bits per heavy atom. The number of carbonyl (C=O) groups excluding carboxylic acids is 2. The van der Waals surface area contributed by atoms with Crippen LogP contribution in [-0.2, 0) is 15.8 Å². The van der Waals surface area contributed by atoms with Gasteiger partial charge in [0.05, 0.1) is 10.6 Å². The Morgan fingerprint density at radius 2 is 2.08 bits per heavy atom. The summed E-state index contributed by atoms with van der Waals surface area (Å²) in [5, 5.41) is 0.969. The van der Waals surface area contributed by atoms with E-state index in [0.29, 0.717) is 6.07 Å². The molecule has 0 fully saturated rings. The molecule has 1 heterocycles. The Balaban J connectivity index is 2.02. The highest BCUT2D eigenvalue weighted by Crippen LogP contribution is 2.36. The van der Waals surface area contributed by atoms with Crippen molar-refractivity contribution in [2.45, 2.75) is 17.8 Å². The Labute approximate surface area is 148 Å². The van der Waals surface area contributed by atoms with Gasteiger partial charge in [0.15, 0.2) is 11.1 Å². The lowest BCUT2D eigenvalue weighted by Crippen LogP contribution is -2.23. The molecule has 0 saturated heterocycles. The first kappa shape index (κ1) is 19.1. The van der Waals surface area contributed by atoms with Gasteiger partial charge >= 0.3 is 6.18 Å². The number of thioether (sulfide) groups is 1. The normalized spacial score (nSPS) is 17.2. The van der Waals surface area contributed by atoms with E-state index in [0.717, 1.165) is 17.8 Å². The van der Waals surface area contributed by atoms with Gasteiger partial charge in [0.1, 0.15) is 5.25 Å². The topological polar surface area (TPSA) is 123 Å². The number of nitrogens with two attached hydrogens (primary N) is 2. The number of nitrogens with zero attached hydrogens (tertiary/aromatic N) is 2. The average molecular weight is 394 g/mol. The maximum atomic E-state index is 12.8. The van der Waals surface area contributed by atoms with E-state index in [1.54, 1.807) is 0 Å². The van der Waals surface area contributed by atoms with Gasteiger partial charge in [-0.2, -0.15) is 23.2 Å². The summed E-state index contributed by atoms with van der Waals surface area (Å²) < 4.78 is 38.4. The molecule has 25 heavy (non-hydrogen) atoms. The number of benzene rings is 1. The van der Waals surface area contributed by atoms with E-state index >= 15 is 0 Å². The number of anilines is 1. The molecule has 0 aliphatic carbocycles. The zero-order valence-corrected chi connectivity index (χ0v) is 13.9. The summed E-state index contributed by atoms with van der Waals surface area (Å²) in [5.41, 5.74) is 9.17. The Kier molecular flexibility index (Phi) is 5.58. The summed E-state index contributed by atoms with van der Waals surface area (Å²) in [6.45, 7) is 0. The molecule has 5 N–H and O–H groups in total.